The van der Waals surface area contributed by atoms with Gasteiger partial charge in [-0.25, -0.2) is 4.79 Å². The number of nitrogens with one attached hydrogen (secondary N) is 2. The third kappa shape index (κ3) is 3.90. The Morgan fingerprint density at radius 2 is 1.71 bits per heavy atom. The molecule has 5 heteroatoms. The molecule has 0 heterocycles. The number of amides is 4. The van der Waals surface area contributed by atoms with Crippen molar-refractivity contribution in [1.29, 1.82) is 0 Å². The van der Waals surface area contributed by atoms with Crippen LogP contribution in [0.5, 0.6) is 0 Å². The minimum absolute atomic E-state index is 0.344. The Hall–Kier alpha value is -2.43. The summed E-state index contributed by atoms with van der Waals surface area (Å²) in [7, 11) is 0. The van der Waals surface area contributed by atoms with E-state index in [0.29, 0.717) is 5.56 Å². The molecule has 0 aromatic heterocycles. The number of carbonyl (C=O) groups excluding carboxylic acids is 3. The Morgan fingerprint density at radius 1 is 1.12 bits per heavy atom. The normalized spacial score (nSPS) is 9.24. The van der Waals surface area contributed by atoms with E-state index in [-0.39, 0.29) is 0 Å². The summed E-state index contributed by atoms with van der Waals surface area (Å²) in [6.45, 7) is 5.07. The predicted octanol–water partition coefficient (Wildman–Crippen LogP) is 1.15. The van der Waals surface area contributed by atoms with Crippen LogP contribution < -0.4 is 10.6 Å². The van der Waals surface area contributed by atoms with Crippen molar-refractivity contribution in [2.24, 2.45) is 0 Å². The molecule has 0 saturated carbocycles. The molecule has 0 spiro atoms. The van der Waals surface area contributed by atoms with Crippen LogP contribution in [0.1, 0.15) is 15.9 Å². The first kappa shape index (κ1) is 12.6. The third-order valence-corrected chi connectivity index (χ3v) is 1.96. The Bertz CT molecular complexity index is 463. The van der Waals surface area contributed by atoms with Crippen LogP contribution >= 0.6 is 0 Å². The van der Waals surface area contributed by atoms with Crippen molar-refractivity contribution in [2.45, 2.75) is 6.92 Å². The predicted molar refractivity (Wildman–Crippen MR) is 62.4 cm³/mol. The van der Waals surface area contributed by atoms with Gasteiger partial charge in [-0.1, -0.05) is 24.3 Å². The largest absolute Gasteiger partial charge is 0.328 e. The maximum Gasteiger partial charge on any atom is 0.328 e. The number of rotatable bonds is 2. The second-order valence-corrected chi connectivity index (χ2v) is 3.34. The maximum atomic E-state index is 11.5. The number of carbonyl (C=O) groups is 3. The van der Waals surface area contributed by atoms with Gasteiger partial charge >= 0.3 is 6.03 Å². The van der Waals surface area contributed by atoms with Crippen molar-refractivity contribution in [3.05, 3.63) is 48.0 Å². The van der Waals surface area contributed by atoms with Crippen LogP contribution in [0.25, 0.3) is 0 Å². The molecule has 1 aromatic carbocycles. The number of imide groups is 2. The molecule has 17 heavy (non-hydrogen) atoms. The Morgan fingerprint density at radius 3 is 2.24 bits per heavy atom. The zero-order valence-electron chi connectivity index (χ0n) is 9.32. The van der Waals surface area contributed by atoms with Crippen molar-refractivity contribution in [2.75, 3.05) is 0 Å². The van der Waals surface area contributed by atoms with Crippen LogP contribution in [-0.2, 0) is 4.79 Å². The van der Waals surface area contributed by atoms with Crippen molar-refractivity contribution in [3.8, 4) is 0 Å². The van der Waals surface area contributed by atoms with Crippen LogP contribution in [0.15, 0.2) is 36.9 Å². The number of benzene rings is 1. The Kier molecular flexibility index (Phi) is 4.16. The average molecular weight is 232 g/mol. The van der Waals surface area contributed by atoms with Crippen LogP contribution in [0.4, 0.5) is 4.79 Å². The zero-order valence-corrected chi connectivity index (χ0v) is 9.32. The summed E-state index contributed by atoms with van der Waals surface area (Å²) < 4.78 is 0. The first-order valence-corrected chi connectivity index (χ1v) is 4.88. The molecule has 0 unspecified atom stereocenters. The van der Waals surface area contributed by atoms with Crippen molar-refractivity contribution in [1.82, 2.24) is 10.6 Å². The summed E-state index contributed by atoms with van der Waals surface area (Å²) in [6.07, 6.45) is 0.940. The third-order valence-electron chi connectivity index (χ3n) is 1.96. The first-order chi connectivity index (χ1) is 8.02. The van der Waals surface area contributed by atoms with Gasteiger partial charge in [-0.3, -0.25) is 20.2 Å². The lowest BCUT2D eigenvalue weighted by molar-refractivity contribution is -0.115. The molecule has 0 fully saturated rings. The minimum Gasteiger partial charge on any atom is -0.274 e. The van der Waals surface area contributed by atoms with Gasteiger partial charge in [0.05, 0.1) is 0 Å². The van der Waals surface area contributed by atoms with Gasteiger partial charge in [-0.15, -0.1) is 0 Å². The van der Waals surface area contributed by atoms with E-state index >= 15 is 0 Å². The summed E-state index contributed by atoms with van der Waals surface area (Å²) in [5, 5.41) is 3.94. The molecule has 0 radical (unpaired) electrons. The number of hydrogen-bond acceptors (Lipinski definition) is 3. The molecular formula is C12H12N2O3. The van der Waals surface area contributed by atoms with Crippen molar-refractivity contribution < 1.29 is 14.4 Å². The highest BCUT2D eigenvalue weighted by Gasteiger charge is 2.10. The lowest BCUT2D eigenvalue weighted by atomic mass is 10.1. The fourth-order valence-corrected chi connectivity index (χ4v) is 1.07. The number of urea groups is 1. The molecule has 0 atom stereocenters. The molecule has 0 bridgehead atoms. The highest BCUT2D eigenvalue weighted by molar-refractivity contribution is 6.09. The summed E-state index contributed by atoms with van der Waals surface area (Å²) >= 11 is 0. The molecule has 0 aliphatic carbocycles. The van der Waals surface area contributed by atoms with E-state index in [1.807, 2.05) is 17.6 Å². The lowest BCUT2D eigenvalue weighted by Crippen LogP contribution is -2.41. The van der Waals surface area contributed by atoms with Gasteiger partial charge in [0.15, 0.2) is 0 Å². The fraction of sp³-hybridized carbons (Fsp3) is 0.0833. The topological polar surface area (TPSA) is 75.3 Å². The molecule has 5 nitrogen and oxygen atoms in total. The summed E-state index contributed by atoms with van der Waals surface area (Å²) in [6, 6.07) is 5.81. The van der Waals surface area contributed by atoms with Gasteiger partial charge in [0, 0.05) is 5.56 Å². The lowest BCUT2D eigenvalue weighted by Gasteiger charge is -2.04. The van der Waals surface area contributed by atoms with E-state index in [1.165, 1.54) is 0 Å². The van der Waals surface area contributed by atoms with Crippen LogP contribution in [0, 0.1) is 6.92 Å². The first-order valence-electron chi connectivity index (χ1n) is 4.88. The molecule has 0 aliphatic heterocycles. The van der Waals surface area contributed by atoms with Gasteiger partial charge < -0.3 is 0 Å². The van der Waals surface area contributed by atoms with E-state index < -0.39 is 17.8 Å². The second kappa shape index (κ2) is 5.60. The number of aryl methyl sites for hydroxylation is 1. The monoisotopic (exact) mass is 232 g/mol. The molecule has 4 amide bonds. The van der Waals surface area contributed by atoms with Gasteiger partial charge in [-0.2, -0.15) is 0 Å². The molecule has 2 N–H and O–H groups in total. The van der Waals surface area contributed by atoms with Crippen molar-refractivity contribution >= 4 is 17.8 Å². The SMILES string of the molecule is C=CC(=O)NC(=O)NC(=O)c1ccc(C)cc1. The van der Waals surface area contributed by atoms with Gasteiger partial charge in [0.1, 0.15) is 0 Å². The van der Waals surface area contributed by atoms with Gasteiger partial charge in [-0.05, 0) is 25.1 Å². The van der Waals surface area contributed by atoms with E-state index in [1.54, 1.807) is 24.3 Å². The molecule has 88 valence electrons. The number of hydrogen-bond donors (Lipinski definition) is 2. The van der Waals surface area contributed by atoms with Gasteiger partial charge in [0.2, 0.25) is 0 Å². The smallest absolute Gasteiger partial charge is 0.274 e. The summed E-state index contributed by atoms with van der Waals surface area (Å²) in [4.78, 5) is 33.5. The highest BCUT2D eigenvalue weighted by atomic mass is 16.2. The second-order valence-electron chi connectivity index (χ2n) is 3.34. The summed E-state index contributed by atoms with van der Waals surface area (Å²) in [5.74, 6) is -1.24. The van der Waals surface area contributed by atoms with E-state index in [4.69, 9.17) is 0 Å². The quantitative estimate of drug-likeness (QED) is 0.751. The fourth-order valence-electron chi connectivity index (χ4n) is 1.07. The van der Waals surface area contributed by atoms with E-state index in [0.717, 1.165) is 11.6 Å². The van der Waals surface area contributed by atoms with Crippen LogP contribution in [0.3, 0.4) is 0 Å². The average Bonchev–Trinajstić information content (AvgIpc) is 2.29. The summed E-state index contributed by atoms with van der Waals surface area (Å²) in [5.41, 5.74) is 1.35. The zero-order chi connectivity index (χ0) is 12.8. The minimum atomic E-state index is -0.875. The Balaban J connectivity index is 2.60. The molecule has 0 aliphatic rings. The van der Waals surface area contributed by atoms with Crippen LogP contribution in [-0.4, -0.2) is 17.8 Å². The standard InChI is InChI=1S/C12H12N2O3/c1-3-10(15)13-12(17)14-11(16)9-6-4-8(2)5-7-9/h3-7H,1H2,2H3,(H2,13,14,15,16,17). The van der Waals surface area contributed by atoms with E-state index in [9.17, 15) is 14.4 Å². The molecular weight excluding hydrogens is 220 g/mol. The van der Waals surface area contributed by atoms with Crippen molar-refractivity contribution in [3.63, 3.8) is 0 Å². The molecule has 1 aromatic rings. The van der Waals surface area contributed by atoms with Gasteiger partial charge in [0.25, 0.3) is 11.8 Å². The Labute approximate surface area is 98.5 Å². The maximum absolute atomic E-state index is 11.5. The molecule has 0 saturated heterocycles. The van der Waals surface area contributed by atoms with E-state index in [2.05, 4.69) is 6.58 Å². The highest BCUT2D eigenvalue weighted by Crippen LogP contribution is 2.02. The molecule has 1 rings (SSSR count). The van der Waals surface area contributed by atoms with Crippen LogP contribution in [0.2, 0.25) is 0 Å².